The first-order valence-electron chi connectivity index (χ1n) is 6.98. The van der Waals surface area contributed by atoms with Gasteiger partial charge in [0.1, 0.15) is 11.3 Å². The Morgan fingerprint density at radius 2 is 2.19 bits per heavy atom. The predicted octanol–water partition coefficient (Wildman–Crippen LogP) is 3.45. The van der Waals surface area contributed by atoms with Crippen LogP contribution in [0, 0.1) is 6.92 Å². The second-order valence-electron chi connectivity index (χ2n) is 5.13. The fourth-order valence-corrected chi connectivity index (χ4v) is 3.51. The molecule has 0 radical (unpaired) electrons. The minimum atomic E-state index is -0.143. The molecular formula is C14H18ClN5S. The Balaban J connectivity index is 2.21. The van der Waals surface area contributed by atoms with E-state index >= 15 is 0 Å². The van der Waals surface area contributed by atoms with E-state index < -0.39 is 0 Å². The SMILES string of the molecule is CCc1nn(C)c2c1nc(C(C)Cl)n2Cc1scnc1C. The standard InChI is InChI=1S/C14H18ClN5S/c1-5-10-12-14(19(4)18-10)20(13(17-12)8(2)15)6-11-9(3)16-7-21-11/h7-8H,5-6H2,1-4H3. The number of rotatable bonds is 4. The molecule has 3 aromatic rings. The third-order valence-electron chi connectivity index (χ3n) is 3.66. The highest BCUT2D eigenvalue weighted by atomic mass is 35.5. The van der Waals surface area contributed by atoms with Crippen molar-refractivity contribution in [3.63, 3.8) is 0 Å². The Labute approximate surface area is 132 Å². The molecule has 3 heterocycles. The van der Waals surface area contributed by atoms with Crippen molar-refractivity contribution >= 4 is 34.1 Å². The van der Waals surface area contributed by atoms with Gasteiger partial charge in [0.15, 0.2) is 5.65 Å². The Kier molecular flexibility index (Phi) is 3.75. The van der Waals surface area contributed by atoms with E-state index in [2.05, 4.69) is 21.6 Å². The highest BCUT2D eigenvalue weighted by Gasteiger charge is 2.21. The summed E-state index contributed by atoms with van der Waals surface area (Å²) < 4.78 is 4.07. The Morgan fingerprint density at radius 3 is 2.76 bits per heavy atom. The van der Waals surface area contributed by atoms with Gasteiger partial charge < -0.3 is 4.57 Å². The summed E-state index contributed by atoms with van der Waals surface area (Å²) in [5.74, 6) is 0.891. The Hall–Kier alpha value is -1.40. The van der Waals surface area contributed by atoms with E-state index in [1.807, 2.05) is 31.1 Å². The molecule has 1 atom stereocenters. The lowest BCUT2D eigenvalue weighted by molar-refractivity contribution is 0.685. The quantitative estimate of drug-likeness (QED) is 0.691. The number of fused-ring (bicyclic) bond motifs is 1. The van der Waals surface area contributed by atoms with Crippen LogP contribution >= 0.6 is 22.9 Å². The van der Waals surface area contributed by atoms with Crippen molar-refractivity contribution in [1.29, 1.82) is 0 Å². The molecule has 3 aromatic heterocycles. The lowest BCUT2D eigenvalue weighted by Crippen LogP contribution is -2.09. The molecule has 1 unspecified atom stereocenters. The highest BCUT2D eigenvalue weighted by Crippen LogP contribution is 2.28. The van der Waals surface area contributed by atoms with Gasteiger partial charge in [-0.1, -0.05) is 6.92 Å². The van der Waals surface area contributed by atoms with Crippen molar-refractivity contribution in [2.24, 2.45) is 7.05 Å². The predicted molar refractivity (Wildman–Crippen MR) is 86.1 cm³/mol. The van der Waals surface area contributed by atoms with E-state index in [0.29, 0.717) is 0 Å². The van der Waals surface area contributed by atoms with Crippen LogP contribution in [0.2, 0.25) is 0 Å². The van der Waals surface area contributed by atoms with Gasteiger partial charge in [0.25, 0.3) is 0 Å². The second kappa shape index (κ2) is 5.42. The fourth-order valence-electron chi connectivity index (χ4n) is 2.58. The van der Waals surface area contributed by atoms with Gasteiger partial charge in [-0.3, -0.25) is 4.68 Å². The minimum absolute atomic E-state index is 0.143. The summed E-state index contributed by atoms with van der Waals surface area (Å²) in [6.45, 7) is 6.82. The number of thiazole rings is 1. The molecule has 0 aliphatic heterocycles. The normalized spacial score (nSPS) is 13.2. The zero-order valence-corrected chi connectivity index (χ0v) is 14.2. The van der Waals surface area contributed by atoms with Crippen molar-refractivity contribution in [3.05, 3.63) is 27.6 Å². The first-order valence-corrected chi connectivity index (χ1v) is 8.29. The molecule has 0 N–H and O–H groups in total. The van der Waals surface area contributed by atoms with Gasteiger partial charge in [-0.15, -0.1) is 22.9 Å². The van der Waals surface area contributed by atoms with Crippen LogP contribution in [0.15, 0.2) is 5.51 Å². The van der Waals surface area contributed by atoms with Gasteiger partial charge in [0.05, 0.1) is 28.8 Å². The van der Waals surface area contributed by atoms with E-state index in [1.165, 1.54) is 4.88 Å². The maximum atomic E-state index is 6.34. The summed E-state index contributed by atoms with van der Waals surface area (Å²) in [5.41, 5.74) is 5.95. The summed E-state index contributed by atoms with van der Waals surface area (Å²) in [6.07, 6.45) is 0.865. The van der Waals surface area contributed by atoms with Crippen molar-refractivity contribution < 1.29 is 0 Å². The second-order valence-corrected chi connectivity index (χ2v) is 6.72. The van der Waals surface area contributed by atoms with E-state index in [4.69, 9.17) is 16.6 Å². The molecule has 0 aromatic carbocycles. The highest BCUT2D eigenvalue weighted by molar-refractivity contribution is 7.09. The third kappa shape index (κ3) is 2.36. The zero-order valence-electron chi connectivity index (χ0n) is 12.6. The molecule has 0 saturated carbocycles. The lowest BCUT2D eigenvalue weighted by Gasteiger charge is -2.10. The van der Waals surface area contributed by atoms with Gasteiger partial charge in [-0.25, -0.2) is 9.97 Å². The van der Waals surface area contributed by atoms with Crippen LogP contribution in [0.5, 0.6) is 0 Å². The number of nitrogens with zero attached hydrogens (tertiary/aromatic N) is 5. The summed E-state index contributed by atoms with van der Waals surface area (Å²) in [5, 5.41) is 4.42. The van der Waals surface area contributed by atoms with Crippen LogP contribution in [0.25, 0.3) is 11.2 Å². The average molecular weight is 324 g/mol. The number of aryl methyl sites for hydroxylation is 3. The van der Waals surface area contributed by atoms with E-state index in [9.17, 15) is 0 Å². The summed E-state index contributed by atoms with van der Waals surface area (Å²) in [6, 6.07) is 0. The number of alkyl halides is 1. The maximum absolute atomic E-state index is 6.34. The minimum Gasteiger partial charge on any atom is -0.306 e. The van der Waals surface area contributed by atoms with Gasteiger partial charge in [-0.05, 0) is 20.3 Å². The van der Waals surface area contributed by atoms with E-state index in [0.717, 1.165) is 41.3 Å². The molecule has 0 aliphatic carbocycles. The Morgan fingerprint density at radius 1 is 1.43 bits per heavy atom. The van der Waals surface area contributed by atoms with Crippen LogP contribution in [0.4, 0.5) is 0 Å². The number of halogens is 1. The van der Waals surface area contributed by atoms with Crippen molar-refractivity contribution in [3.8, 4) is 0 Å². The van der Waals surface area contributed by atoms with E-state index in [-0.39, 0.29) is 5.38 Å². The van der Waals surface area contributed by atoms with Crippen LogP contribution in [0.3, 0.4) is 0 Å². The first-order chi connectivity index (χ1) is 10.0. The van der Waals surface area contributed by atoms with Crippen LogP contribution in [0.1, 0.15) is 41.3 Å². The maximum Gasteiger partial charge on any atom is 0.159 e. The summed E-state index contributed by atoms with van der Waals surface area (Å²) >= 11 is 8.00. The molecule has 0 fully saturated rings. The smallest absolute Gasteiger partial charge is 0.159 e. The van der Waals surface area contributed by atoms with Crippen molar-refractivity contribution in [2.45, 2.75) is 39.1 Å². The number of aromatic nitrogens is 5. The molecule has 0 spiro atoms. The first kappa shape index (κ1) is 14.5. The lowest BCUT2D eigenvalue weighted by atomic mass is 10.3. The van der Waals surface area contributed by atoms with Crippen LogP contribution < -0.4 is 0 Å². The molecule has 21 heavy (non-hydrogen) atoms. The van der Waals surface area contributed by atoms with Crippen molar-refractivity contribution in [2.75, 3.05) is 0 Å². The zero-order chi connectivity index (χ0) is 15.1. The molecule has 5 nitrogen and oxygen atoms in total. The average Bonchev–Trinajstić information content (AvgIpc) is 3.08. The molecule has 0 aliphatic rings. The molecule has 0 saturated heterocycles. The summed E-state index contributed by atoms with van der Waals surface area (Å²) in [4.78, 5) is 10.3. The molecule has 3 rings (SSSR count). The molecule has 7 heteroatoms. The van der Waals surface area contributed by atoms with Gasteiger partial charge in [0.2, 0.25) is 0 Å². The number of imidazole rings is 1. The fraction of sp³-hybridized carbons (Fsp3) is 0.500. The third-order valence-corrected chi connectivity index (χ3v) is 4.77. The summed E-state index contributed by atoms with van der Waals surface area (Å²) in [7, 11) is 1.96. The van der Waals surface area contributed by atoms with Crippen molar-refractivity contribution in [1.82, 2.24) is 24.3 Å². The number of hydrogen-bond acceptors (Lipinski definition) is 4. The molecule has 0 amide bonds. The van der Waals surface area contributed by atoms with Gasteiger partial charge in [-0.2, -0.15) is 5.10 Å². The van der Waals surface area contributed by atoms with Gasteiger partial charge >= 0.3 is 0 Å². The van der Waals surface area contributed by atoms with Crippen LogP contribution in [-0.2, 0) is 20.0 Å². The number of hydrogen-bond donors (Lipinski definition) is 0. The topological polar surface area (TPSA) is 48.5 Å². The van der Waals surface area contributed by atoms with Gasteiger partial charge in [0, 0.05) is 11.9 Å². The molecule has 112 valence electrons. The van der Waals surface area contributed by atoms with Crippen LogP contribution in [-0.4, -0.2) is 24.3 Å². The van der Waals surface area contributed by atoms with E-state index in [1.54, 1.807) is 11.3 Å². The largest absolute Gasteiger partial charge is 0.306 e. The monoisotopic (exact) mass is 323 g/mol. The molecular weight excluding hydrogens is 306 g/mol. The Bertz CT molecular complexity index is 783. The molecule has 0 bridgehead atoms.